The van der Waals surface area contributed by atoms with E-state index in [-0.39, 0.29) is 11.8 Å². The molecule has 3 rings (SSSR count). The number of aryl methyl sites for hydroxylation is 1. The molecular formula is C16H13N3O2S2. The molecule has 1 aliphatic heterocycles. The van der Waals surface area contributed by atoms with Gasteiger partial charge in [-0.05, 0) is 49.5 Å². The molecule has 2 amide bonds. The number of aromatic amines is 1. The monoisotopic (exact) mass is 343 g/mol. The maximum absolute atomic E-state index is 12.4. The first-order valence-corrected chi connectivity index (χ1v) is 8.06. The third-order valence-electron chi connectivity index (χ3n) is 3.20. The molecule has 5 nitrogen and oxygen atoms in total. The fourth-order valence-corrected chi connectivity index (χ4v) is 3.26. The highest BCUT2D eigenvalue weighted by Gasteiger charge is 2.33. The number of hydrazine groups is 1. The number of thioether (sulfide) groups is 1. The summed E-state index contributed by atoms with van der Waals surface area (Å²) in [6.45, 7) is 1.90. The molecule has 2 heterocycles. The number of hydrogen-bond donors (Lipinski definition) is 2. The van der Waals surface area contributed by atoms with Crippen LogP contribution in [0.4, 0.5) is 0 Å². The summed E-state index contributed by atoms with van der Waals surface area (Å²) in [5.41, 5.74) is 4.81. The number of hydrogen-bond acceptors (Lipinski definition) is 4. The van der Waals surface area contributed by atoms with Gasteiger partial charge in [0.1, 0.15) is 0 Å². The lowest BCUT2D eigenvalue weighted by atomic mass is 10.1. The van der Waals surface area contributed by atoms with Crippen LogP contribution in [0.1, 0.15) is 21.6 Å². The summed E-state index contributed by atoms with van der Waals surface area (Å²) >= 11 is 6.34. The van der Waals surface area contributed by atoms with E-state index in [4.69, 9.17) is 12.2 Å². The first-order valence-electron chi connectivity index (χ1n) is 6.83. The summed E-state index contributed by atoms with van der Waals surface area (Å²) in [5, 5.41) is 1.11. The molecule has 2 N–H and O–H groups in total. The largest absolute Gasteiger partial charge is 0.362 e. The molecule has 1 fully saturated rings. The van der Waals surface area contributed by atoms with Crippen molar-refractivity contribution in [2.75, 3.05) is 0 Å². The number of H-pyrrole nitrogens is 1. The van der Waals surface area contributed by atoms with Gasteiger partial charge in [-0.3, -0.25) is 15.0 Å². The fraction of sp³-hybridized carbons (Fsp3) is 0.0625. The molecule has 0 aliphatic carbocycles. The van der Waals surface area contributed by atoms with Crippen LogP contribution in [0, 0.1) is 6.92 Å². The third kappa shape index (κ3) is 3.35. The Balaban J connectivity index is 1.77. The number of nitrogens with one attached hydrogen (secondary N) is 2. The van der Waals surface area contributed by atoms with Crippen LogP contribution in [-0.2, 0) is 4.79 Å². The molecule has 23 heavy (non-hydrogen) atoms. The number of thiocarbonyl (C=S) groups is 1. The second-order valence-electron chi connectivity index (χ2n) is 4.95. The predicted octanol–water partition coefficient (Wildman–Crippen LogP) is 2.87. The molecule has 2 aromatic rings. The Kier molecular flexibility index (Phi) is 4.31. The van der Waals surface area contributed by atoms with Gasteiger partial charge in [-0.15, -0.1) is 0 Å². The molecule has 7 heteroatoms. The molecule has 0 spiro atoms. The van der Waals surface area contributed by atoms with Crippen molar-refractivity contribution in [3.05, 3.63) is 64.3 Å². The molecule has 0 saturated carbocycles. The minimum absolute atomic E-state index is 0.300. The highest BCUT2D eigenvalue weighted by molar-refractivity contribution is 8.26. The minimum Gasteiger partial charge on any atom is -0.362 e. The molecule has 116 valence electrons. The van der Waals surface area contributed by atoms with Gasteiger partial charge in [0.2, 0.25) is 0 Å². The highest BCUT2D eigenvalue weighted by Crippen LogP contribution is 2.31. The number of carbonyl (C=O) groups excluding carboxylic acids is 2. The van der Waals surface area contributed by atoms with Gasteiger partial charge in [0, 0.05) is 17.5 Å². The van der Waals surface area contributed by atoms with Gasteiger partial charge in [0.05, 0.1) is 4.91 Å². The number of carbonyl (C=O) groups is 2. The average Bonchev–Trinajstić information content (AvgIpc) is 3.12. The van der Waals surface area contributed by atoms with Crippen LogP contribution in [-0.4, -0.2) is 26.1 Å². The van der Waals surface area contributed by atoms with Crippen LogP contribution in [0.5, 0.6) is 0 Å². The summed E-state index contributed by atoms with van der Waals surface area (Å²) in [6, 6.07) is 10.8. The molecule has 1 aliphatic rings. The maximum atomic E-state index is 12.4. The molecule has 1 saturated heterocycles. The number of amides is 2. The SMILES string of the molecule is Cc1cccc(C(=O)NN2C(=O)C(=Cc3ccc[nH]3)SC2=S)c1. The Morgan fingerprint density at radius 3 is 2.87 bits per heavy atom. The zero-order valence-corrected chi connectivity index (χ0v) is 13.8. The van der Waals surface area contributed by atoms with E-state index >= 15 is 0 Å². The van der Waals surface area contributed by atoms with E-state index in [2.05, 4.69) is 10.4 Å². The number of benzene rings is 1. The minimum atomic E-state index is -0.369. The Labute approximate surface area is 142 Å². The lowest BCUT2D eigenvalue weighted by molar-refractivity contribution is -0.123. The van der Waals surface area contributed by atoms with Crippen molar-refractivity contribution in [1.29, 1.82) is 0 Å². The van der Waals surface area contributed by atoms with E-state index in [0.29, 0.717) is 14.8 Å². The van der Waals surface area contributed by atoms with Crippen LogP contribution in [0.2, 0.25) is 0 Å². The quantitative estimate of drug-likeness (QED) is 0.664. The topological polar surface area (TPSA) is 65.2 Å². The standard InChI is InChI=1S/C16H13N3O2S2/c1-10-4-2-5-11(8-10)14(20)18-19-15(21)13(23-16(19)22)9-12-6-3-7-17-12/h2-9,17H,1H3,(H,18,20). The summed E-state index contributed by atoms with van der Waals surface area (Å²) in [6.07, 6.45) is 3.48. The van der Waals surface area contributed by atoms with Gasteiger partial charge in [-0.1, -0.05) is 29.5 Å². The van der Waals surface area contributed by atoms with Gasteiger partial charge < -0.3 is 4.98 Å². The first kappa shape index (κ1) is 15.5. The van der Waals surface area contributed by atoms with Crippen LogP contribution in [0.15, 0.2) is 47.5 Å². The Bertz CT molecular complexity index is 812. The van der Waals surface area contributed by atoms with Gasteiger partial charge in [0.25, 0.3) is 11.8 Å². The molecule has 0 bridgehead atoms. The van der Waals surface area contributed by atoms with Crippen molar-refractivity contribution in [2.24, 2.45) is 0 Å². The zero-order chi connectivity index (χ0) is 16.4. The summed E-state index contributed by atoms with van der Waals surface area (Å²) in [7, 11) is 0. The predicted molar refractivity (Wildman–Crippen MR) is 94.4 cm³/mol. The first-order chi connectivity index (χ1) is 11.0. The van der Waals surface area contributed by atoms with E-state index in [0.717, 1.165) is 28.0 Å². The van der Waals surface area contributed by atoms with E-state index in [9.17, 15) is 9.59 Å². The normalized spacial score (nSPS) is 16.2. The Morgan fingerprint density at radius 2 is 2.17 bits per heavy atom. The zero-order valence-electron chi connectivity index (χ0n) is 12.2. The van der Waals surface area contributed by atoms with E-state index in [1.807, 2.05) is 25.1 Å². The highest BCUT2D eigenvalue weighted by atomic mass is 32.2. The summed E-state index contributed by atoms with van der Waals surface area (Å²) in [5.74, 6) is -0.707. The maximum Gasteiger partial charge on any atom is 0.285 e. The molecule has 0 radical (unpaired) electrons. The van der Waals surface area contributed by atoms with Crippen LogP contribution >= 0.6 is 24.0 Å². The average molecular weight is 343 g/mol. The Hall–Kier alpha value is -2.38. The van der Waals surface area contributed by atoms with Gasteiger partial charge >= 0.3 is 0 Å². The van der Waals surface area contributed by atoms with Crippen molar-refractivity contribution in [1.82, 2.24) is 15.4 Å². The van der Waals surface area contributed by atoms with Gasteiger partial charge in [-0.2, -0.15) is 5.01 Å². The fourth-order valence-electron chi connectivity index (χ4n) is 2.09. The third-order valence-corrected chi connectivity index (χ3v) is 4.50. The van der Waals surface area contributed by atoms with Crippen molar-refractivity contribution < 1.29 is 9.59 Å². The second-order valence-corrected chi connectivity index (χ2v) is 6.63. The molecule has 0 atom stereocenters. The molecule has 0 unspecified atom stereocenters. The van der Waals surface area contributed by atoms with E-state index in [1.165, 1.54) is 0 Å². The van der Waals surface area contributed by atoms with E-state index in [1.54, 1.807) is 30.5 Å². The second kappa shape index (κ2) is 6.39. The van der Waals surface area contributed by atoms with Crippen LogP contribution < -0.4 is 5.43 Å². The summed E-state index contributed by atoms with van der Waals surface area (Å²) < 4.78 is 0.300. The van der Waals surface area contributed by atoms with Gasteiger partial charge in [-0.25, -0.2) is 0 Å². The lowest BCUT2D eigenvalue weighted by Gasteiger charge is -2.15. The van der Waals surface area contributed by atoms with Crippen LogP contribution in [0.3, 0.4) is 0 Å². The Morgan fingerprint density at radius 1 is 1.35 bits per heavy atom. The molecule has 1 aromatic heterocycles. The van der Waals surface area contributed by atoms with Gasteiger partial charge in [0.15, 0.2) is 4.32 Å². The van der Waals surface area contributed by atoms with Crippen molar-refractivity contribution in [2.45, 2.75) is 6.92 Å². The van der Waals surface area contributed by atoms with Crippen LogP contribution in [0.25, 0.3) is 6.08 Å². The van der Waals surface area contributed by atoms with Crippen molar-refractivity contribution in [3.63, 3.8) is 0 Å². The number of rotatable bonds is 3. The smallest absolute Gasteiger partial charge is 0.285 e. The van der Waals surface area contributed by atoms with E-state index < -0.39 is 0 Å². The lowest BCUT2D eigenvalue weighted by Crippen LogP contribution is -2.44. The number of nitrogens with zero attached hydrogens (tertiary/aromatic N) is 1. The van der Waals surface area contributed by atoms with Crippen molar-refractivity contribution in [3.8, 4) is 0 Å². The number of aromatic nitrogens is 1. The molecule has 1 aromatic carbocycles. The summed E-state index contributed by atoms with van der Waals surface area (Å²) in [4.78, 5) is 28.1. The van der Waals surface area contributed by atoms with Crippen molar-refractivity contribution >= 4 is 46.2 Å². The molecular weight excluding hydrogens is 330 g/mol.